The fourth-order valence-corrected chi connectivity index (χ4v) is 2.77. The zero-order chi connectivity index (χ0) is 17.1. The molecule has 3 aromatic rings. The summed E-state index contributed by atoms with van der Waals surface area (Å²) in [6.45, 7) is 2.36. The van der Waals surface area contributed by atoms with Crippen molar-refractivity contribution in [2.24, 2.45) is 0 Å². The van der Waals surface area contributed by atoms with Crippen molar-refractivity contribution in [1.29, 1.82) is 0 Å². The highest BCUT2D eigenvalue weighted by atomic mass is 19.1. The van der Waals surface area contributed by atoms with Gasteiger partial charge in [0.15, 0.2) is 0 Å². The van der Waals surface area contributed by atoms with Crippen LogP contribution in [-0.4, -0.2) is 19.6 Å². The first-order valence-electron chi connectivity index (χ1n) is 7.78. The average Bonchev–Trinajstić information content (AvgIpc) is 2.62. The molecule has 0 saturated carbocycles. The second-order valence-corrected chi connectivity index (χ2v) is 5.43. The first kappa shape index (κ1) is 16.0. The summed E-state index contributed by atoms with van der Waals surface area (Å²) in [5.74, 6) is 0.0245. The van der Waals surface area contributed by atoms with Crippen LogP contribution in [0.15, 0.2) is 60.7 Å². The summed E-state index contributed by atoms with van der Waals surface area (Å²) in [7, 11) is 1.55. The van der Waals surface area contributed by atoms with Gasteiger partial charge in [0, 0.05) is 12.2 Å². The fourth-order valence-electron chi connectivity index (χ4n) is 2.77. The lowest BCUT2D eigenvalue weighted by Crippen LogP contribution is -2.30. The minimum Gasteiger partial charge on any atom is -0.496 e. The van der Waals surface area contributed by atoms with Crippen LogP contribution in [0.5, 0.6) is 5.75 Å². The van der Waals surface area contributed by atoms with E-state index in [1.54, 1.807) is 24.1 Å². The lowest BCUT2D eigenvalue weighted by molar-refractivity contribution is 0.0985. The number of benzene rings is 3. The molecule has 0 aliphatic heterocycles. The fraction of sp³-hybridized carbons (Fsp3) is 0.150. The number of amides is 1. The van der Waals surface area contributed by atoms with Gasteiger partial charge >= 0.3 is 0 Å². The normalized spacial score (nSPS) is 10.6. The standard InChI is InChI=1S/C20H18FNO2/c1-3-22(17-10-8-16(21)9-11-17)20(23)18-12-14-6-4-5-7-15(14)13-19(18)24-2/h4-13H,3H2,1-2H3. The summed E-state index contributed by atoms with van der Waals surface area (Å²) in [5, 5.41) is 1.98. The Bertz CT molecular complexity index is 874. The van der Waals surface area contributed by atoms with Crippen LogP contribution in [0.25, 0.3) is 10.8 Å². The maximum absolute atomic E-state index is 13.1. The summed E-state index contributed by atoms with van der Waals surface area (Å²) in [4.78, 5) is 14.6. The molecular formula is C20H18FNO2. The third-order valence-electron chi connectivity index (χ3n) is 4.00. The van der Waals surface area contributed by atoms with E-state index in [0.717, 1.165) is 10.8 Å². The van der Waals surface area contributed by atoms with Crippen molar-refractivity contribution >= 4 is 22.4 Å². The maximum atomic E-state index is 13.1. The molecule has 3 nitrogen and oxygen atoms in total. The zero-order valence-electron chi connectivity index (χ0n) is 13.6. The summed E-state index contributed by atoms with van der Waals surface area (Å²) < 4.78 is 18.6. The Labute approximate surface area is 140 Å². The van der Waals surface area contributed by atoms with E-state index in [0.29, 0.717) is 23.5 Å². The molecule has 0 N–H and O–H groups in total. The van der Waals surface area contributed by atoms with Crippen LogP contribution < -0.4 is 9.64 Å². The molecule has 4 heteroatoms. The van der Waals surface area contributed by atoms with Crippen LogP contribution in [0.2, 0.25) is 0 Å². The highest BCUT2D eigenvalue weighted by Crippen LogP contribution is 2.28. The molecule has 0 aromatic heterocycles. The van der Waals surface area contributed by atoms with Crippen LogP contribution in [0.4, 0.5) is 10.1 Å². The van der Waals surface area contributed by atoms with Gasteiger partial charge < -0.3 is 9.64 Å². The van der Waals surface area contributed by atoms with Crippen molar-refractivity contribution in [2.45, 2.75) is 6.92 Å². The Kier molecular flexibility index (Phi) is 4.47. The molecule has 0 heterocycles. The van der Waals surface area contributed by atoms with Crippen molar-refractivity contribution in [3.8, 4) is 5.75 Å². The Hall–Kier alpha value is -2.88. The van der Waals surface area contributed by atoms with Gasteiger partial charge in [-0.2, -0.15) is 0 Å². The molecule has 0 spiro atoms. The van der Waals surface area contributed by atoms with Crippen LogP contribution in [0, 0.1) is 5.82 Å². The van der Waals surface area contributed by atoms with Gasteiger partial charge in [0.1, 0.15) is 11.6 Å². The van der Waals surface area contributed by atoms with Gasteiger partial charge in [0.05, 0.1) is 12.7 Å². The molecule has 0 bridgehead atoms. The van der Waals surface area contributed by atoms with E-state index in [9.17, 15) is 9.18 Å². The van der Waals surface area contributed by atoms with Crippen molar-refractivity contribution in [1.82, 2.24) is 0 Å². The molecule has 0 aliphatic carbocycles. The number of hydrogen-bond acceptors (Lipinski definition) is 2. The predicted molar refractivity (Wildman–Crippen MR) is 94.3 cm³/mol. The minimum absolute atomic E-state index is 0.174. The molecular weight excluding hydrogens is 305 g/mol. The highest BCUT2D eigenvalue weighted by Gasteiger charge is 2.20. The lowest BCUT2D eigenvalue weighted by atomic mass is 10.0. The number of nitrogens with zero attached hydrogens (tertiary/aromatic N) is 1. The summed E-state index contributed by atoms with van der Waals surface area (Å²) >= 11 is 0. The quantitative estimate of drug-likeness (QED) is 0.699. The van der Waals surface area contributed by atoms with Crippen molar-refractivity contribution in [3.05, 3.63) is 72.0 Å². The number of carbonyl (C=O) groups excluding carboxylic acids is 1. The van der Waals surface area contributed by atoms with Crippen LogP contribution in [-0.2, 0) is 0 Å². The summed E-state index contributed by atoms with van der Waals surface area (Å²) in [6.07, 6.45) is 0. The minimum atomic E-state index is -0.328. The molecule has 0 saturated heterocycles. The SMILES string of the molecule is CCN(C(=O)c1cc2ccccc2cc1OC)c1ccc(F)cc1. The largest absolute Gasteiger partial charge is 0.496 e. The Morgan fingerprint density at radius 1 is 1.04 bits per heavy atom. The molecule has 0 fully saturated rings. The molecule has 0 aliphatic rings. The number of fused-ring (bicyclic) bond motifs is 1. The van der Waals surface area contributed by atoms with Crippen molar-refractivity contribution < 1.29 is 13.9 Å². The number of halogens is 1. The first-order valence-corrected chi connectivity index (χ1v) is 7.78. The predicted octanol–water partition coefficient (Wildman–Crippen LogP) is 4.65. The van der Waals surface area contributed by atoms with Gasteiger partial charge in [0.25, 0.3) is 5.91 Å². The van der Waals surface area contributed by atoms with E-state index in [4.69, 9.17) is 4.74 Å². The Morgan fingerprint density at radius 2 is 1.67 bits per heavy atom. The average molecular weight is 323 g/mol. The van der Waals surface area contributed by atoms with E-state index in [1.165, 1.54) is 12.1 Å². The summed E-state index contributed by atoms with van der Waals surface area (Å²) in [5.41, 5.74) is 1.14. The van der Waals surface area contributed by atoms with E-state index in [2.05, 4.69) is 0 Å². The number of hydrogen-bond donors (Lipinski definition) is 0. The zero-order valence-corrected chi connectivity index (χ0v) is 13.6. The van der Waals surface area contributed by atoms with Gasteiger partial charge in [-0.3, -0.25) is 4.79 Å². The van der Waals surface area contributed by atoms with Gasteiger partial charge in [0.2, 0.25) is 0 Å². The Balaban J connectivity index is 2.07. The van der Waals surface area contributed by atoms with Crippen LogP contribution in [0.1, 0.15) is 17.3 Å². The van der Waals surface area contributed by atoms with Crippen LogP contribution in [0.3, 0.4) is 0 Å². The second-order valence-electron chi connectivity index (χ2n) is 5.43. The van der Waals surface area contributed by atoms with E-state index >= 15 is 0 Å². The topological polar surface area (TPSA) is 29.5 Å². The third-order valence-corrected chi connectivity index (χ3v) is 4.00. The van der Waals surface area contributed by atoms with Gasteiger partial charge in [-0.05, 0) is 54.1 Å². The highest BCUT2D eigenvalue weighted by molar-refractivity contribution is 6.10. The molecule has 24 heavy (non-hydrogen) atoms. The van der Waals surface area contributed by atoms with Crippen LogP contribution >= 0.6 is 0 Å². The van der Waals surface area contributed by atoms with Gasteiger partial charge in [-0.25, -0.2) is 4.39 Å². The molecule has 122 valence electrons. The number of carbonyl (C=O) groups is 1. The molecule has 0 radical (unpaired) electrons. The molecule has 3 aromatic carbocycles. The Morgan fingerprint density at radius 3 is 2.25 bits per heavy atom. The smallest absolute Gasteiger partial charge is 0.262 e. The monoisotopic (exact) mass is 323 g/mol. The first-order chi connectivity index (χ1) is 11.6. The third kappa shape index (κ3) is 2.95. The lowest BCUT2D eigenvalue weighted by Gasteiger charge is -2.22. The number of methoxy groups -OCH3 is 1. The number of rotatable bonds is 4. The summed E-state index contributed by atoms with van der Waals surface area (Å²) in [6, 6.07) is 17.4. The molecule has 0 unspecified atom stereocenters. The van der Waals surface area contributed by atoms with Crippen molar-refractivity contribution in [3.63, 3.8) is 0 Å². The molecule has 0 atom stereocenters. The van der Waals surface area contributed by atoms with E-state index in [1.807, 2.05) is 43.3 Å². The molecule has 3 rings (SSSR count). The van der Waals surface area contributed by atoms with E-state index in [-0.39, 0.29) is 11.7 Å². The van der Waals surface area contributed by atoms with Gasteiger partial charge in [-0.1, -0.05) is 24.3 Å². The van der Waals surface area contributed by atoms with Gasteiger partial charge in [-0.15, -0.1) is 0 Å². The number of anilines is 1. The number of ether oxygens (including phenoxy) is 1. The van der Waals surface area contributed by atoms with Crippen molar-refractivity contribution in [2.75, 3.05) is 18.6 Å². The second kappa shape index (κ2) is 6.71. The molecule has 1 amide bonds. The maximum Gasteiger partial charge on any atom is 0.262 e. The van der Waals surface area contributed by atoms with E-state index < -0.39 is 0 Å².